The van der Waals surface area contributed by atoms with Gasteiger partial charge in [-0.1, -0.05) is 13.8 Å². The lowest BCUT2D eigenvalue weighted by molar-refractivity contribution is -0.138. The van der Waals surface area contributed by atoms with E-state index in [0.29, 0.717) is 13.1 Å². The zero-order chi connectivity index (χ0) is 13.9. The summed E-state index contributed by atoms with van der Waals surface area (Å²) in [5.41, 5.74) is 0. The van der Waals surface area contributed by atoms with Crippen LogP contribution < -0.4 is 5.32 Å². The van der Waals surface area contributed by atoms with Crippen molar-refractivity contribution in [3.8, 4) is 0 Å². The summed E-state index contributed by atoms with van der Waals surface area (Å²) in [7, 11) is 0. The van der Waals surface area contributed by atoms with E-state index in [9.17, 15) is 14.7 Å². The Morgan fingerprint density at radius 2 is 1.89 bits per heavy atom. The maximum Gasteiger partial charge on any atom is 0.225 e. The molecule has 104 valence electrons. The second-order valence-electron chi connectivity index (χ2n) is 5.53. The van der Waals surface area contributed by atoms with Gasteiger partial charge >= 0.3 is 0 Å². The molecule has 0 spiro atoms. The molecular weight excluding hydrogens is 232 g/mol. The first-order chi connectivity index (χ1) is 8.31. The predicted molar refractivity (Wildman–Crippen MR) is 68.8 cm³/mol. The molecule has 2 N–H and O–H groups in total. The van der Waals surface area contributed by atoms with E-state index in [-0.39, 0.29) is 29.7 Å². The molecule has 3 unspecified atom stereocenters. The molecule has 5 nitrogen and oxygen atoms in total. The average molecular weight is 256 g/mol. The Kier molecular flexibility index (Phi) is 5.14. The lowest BCUT2D eigenvalue weighted by Gasteiger charge is -2.39. The van der Waals surface area contributed by atoms with E-state index in [2.05, 4.69) is 5.32 Å². The minimum Gasteiger partial charge on any atom is -0.393 e. The van der Waals surface area contributed by atoms with Gasteiger partial charge in [0.15, 0.2) is 0 Å². The van der Waals surface area contributed by atoms with Crippen LogP contribution in [0, 0.1) is 11.8 Å². The highest BCUT2D eigenvalue weighted by molar-refractivity contribution is 5.78. The largest absolute Gasteiger partial charge is 0.393 e. The maximum atomic E-state index is 12.0. The van der Waals surface area contributed by atoms with Crippen LogP contribution in [0.4, 0.5) is 0 Å². The van der Waals surface area contributed by atoms with Crippen molar-refractivity contribution in [2.75, 3.05) is 13.1 Å². The van der Waals surface area contributed by atoms with Crippen molar-refractivity contribution in [2.45, 2.75) is 46.3 Å². The minimum absolute atomic E-state index is 0.0262. The lowest BCUT2D eigenvalue weighted by atomic mass is 9.89. The number of likely N-dealkylation sites (tertiary alicyclic amines) is 1. The standard InChI is InChI=1S/C13H24N2O3/c1-8(2)13(18)15-6-11(9(3)16)5-12(7-15)14-10(4)17/h8-9,11-12,16H,5-7H2,1-4H3,(H,14,17). The first kappa shape index (κ1) is 15.0. The van der Waals surface area contributed by atoms with Gasteiger partial charge in [-0.3, -0.25) is 9.59 Å². The Morgan fingerprint density at radius 3 is 2.33 bits per heavy atom. The van der Waals surface area contributed by atoms with Gasteiger partial charge in [-0.15, -0.1) is 0 Å². The van der Waals surface area contributed by atoms with Gasteiger partial charge < -0.3 is 15.3 Å². The Bertz CT molecular complexity index is 315. The van der Waals surface area contributed by atoms with Gasteiger partial charge in [0.05, 0.1) is 6.10 Å². The summed E-state index contributed by atoms with van der Waals surface area (Å²) in [6.45, 7) is 8.05. The van der Waals surface area contributed by atoms with Gasteiger partial charge in [-0.05, 0) is 13.3 Å². The Morgan fingerprint density at radius 1 is 1.28 bits per heavy atom. The second-order valence-corrected chi connectivity index (χ2v) is 5.53. The molecule has 0 radical (unpaired) electrons. The third-order valence-electron chi connectivity index (χ3n) is 3.38. The topological polar surface area (TPSA) is 69.6 Å². The fourth-order valence-electron chi connectivity index (χ4n) is 2.42. The smallest absolute Gasteiger partial charge is 0.225 e. The molecule has 0 aromatic rings. The van der Waals surface area contributed by atoms with Crippen LogP contribution >= 0.6 is 0 Å². The minimum atomic E-state index is -0.468. The summed E-state index contributed by atoms with van der Waals surface area (Å²) in [5, 5.41) is 12.6. The number of aliphatic hydroxyl groups excluding tert-OH is 1. The third-order valence-corrected chi connectivity index (χ3v) is 3.38. The number of amides is 2. The van der Waals surface area contributed by atoms with Crippen molar-refractivity contribution < 1.29 is 14.7 Å². The van der Waals surface area contributed by atoms with Gasteiger partial charge in [-0.2, -0.15) is 0 Å². The number of aliphatic hydroxyl groups is 1. The lowest BCUT2D eigenvalue weighted by Crippen LogP contribution is -2.54. The molecular formula is C13H24N2O3. The molecule has 0 aromatic carbocycles. The van der Waals surface area contributed by atoms with Crippen LogP contribution in [-0.4, -0.2) is 47.1 Å². The van der Waals surface area contributed by atoms with Crippen molar-refractivity contribution in [1.29, 1.82) is 0 Å². The van der Waals surface area contributed by atoms with Crippen LogP contribution in [0.25, 0.3) is 0 Å². The molecule has 5 heteroatoms. The number of nitrogens with one attached hydrogen (secondary N) is 1. The number of nitrogens with zero attached hydrogens (tertiary/aromatic N) is 1. The molecule has 18 heavy (non-hydrogen) atoms. The first-order valence-corrected chi connectivity index (χ1v) is 6.55. The van der Waals surface area contributed by atoms with Gasteiger partial charge in [0.25, 0.3) is 0 Å². The molecule has 0 aliphatic carbocycles. The first-order valence-electron chi connectivity index (χ1n) is 6.55. The third kappa shape index (κ3) is 3.98. The molecule has 1 aliphatic heterocycles. The summed E-state index contributed by atoms with van der Waals surface area (Å²) in [6.07, 6.45) is 0.253. The van der Waals surface area contributed by atoms with Gasteiger partial charge in [0.2, 0.25) is 11.8 Å². The van der Waals surface area contributed by atoms with E-state index in [1.165, 1.54) is 6.92 Å². The zero-order valence-electron chi connectivity index (χ0n) is 11.6. The maximum absolute atomic E-state index is 12.0. The van der Waals surface area contributed by atoms with Crippen LogP contribution in [-0.2, 0) is 9.59 Å². The Labute approximate surface area is 109 Å². The normalized spacial score (nSPS) is 26.0. The molecule has 1 fully saturated rings. The molecule has 3 atom stereocenters. The van der Waals surface area contributed by atoms with Crippen LogP contribution in [0.5, 0.6) is 0 Å². The highest BCUT2D eigenvalue weighted by Crippen LogP contribution is 2.21. The molecule has 1 heterocycles. The molecule has 2 amide bonds. The number of hydrogen-bond acceptors (Lipinski definition) is 3. The van der Waals surface area contributed by atoms with Crippen LogP contribution in [0.1, 0.15) is 34.1 Å². The monoisotopic (exact) mass is 256 g/mol. The quantitative estimate of drug-likeness (QED) is 0.767. The SMILES string of the molecule is CC(=O)NC1CC(C(C)O)CN(C(=O)C(C)C)C1. The number of piperidine rings is 1. The fourth-order valence-corrected chi connectivity index (χ4v) is 2.42. The molecule has 0 aromatic heterocycles. The van der Waals surface area contributed by atoms with Crippen LogP contribution in [0.15, 0.2) is 0 Å². The highest BCUT2D eigenvalue weighted by atomic mass is 16.3. The average Bonchev–Trinajstić information content (AvgIpc) is 2.26. The summed E-state index contributed by atoms with van der Waals surface area (Å²) in [6, 6.07) is -0.0569. The van der Waals surface area contributed by atoms with Gasteiger partial charge in [-0.25, -0.2) is 0 Å². The van der Waals surface area contributed by atoms with E-state index in [4.69, 9.17) is 0 Å². The molecule has 1 rings (SSSR count). The number of carbonyl (C=O) groups excluding carboxylic acids is 2. The molecule has 0 bridgehead atoms. The predicted octanol–water partition coefficient (Wildman–Crippen LogP) is 0.376. The van der Waals surface area contributed by atoms with E-state index >= 15 is 0 Å². The van der Waals surface area contributed by atoms with E-state index < -0.39 is 6.10 Å². The van der Waals surface area contributed by atoms with Crippen LogP contribution in [0.3, 0.4) is 0 Å². The van der Waals surface area contributed by atoms with Crippen molar-refractivity contribution >= 4 is 11.8 Å². The Hall–Kier alpha value is -1.10. The van der Waals surface area contributed by atoms with Gasteiger partial charge in [0.1, 0.15) is 0 Å². The number of rotatable bonds is 3. The summed E-state index contributed by atoms with van der Waals surface area (Å²) in [5.74, 6) is -0.0482. The second kappa shape index (κ2) is 6.18. The van der Waals surface area contributed by atoms with Crippen molar-refractivity contribution in [1.82, 2.24) is 10.2 Å². The number of hydrogen-bond donors (Lipinski definition) is 2. The van der Waals surface area contributed by atoms with E-state index in [0.717, 1.165) is 6.42 Å². The molecule has 1 aliphatic rings. The Balaban J connectivity index is 2.74. The zero-order valence-corrected chi connectivity index (χ0v) is 11.6. The van der Waals surface area contributed by atoms with E-state index in [1.54, 1.807) is 11.8 Å². The van der Waals surface area contributed by atoms with Crippen molar-refractivity contribution in [2.24, 2.45) is 11.8 Å². The highest BCUT2D eigenvalue weighted by Gasteiger charge is 2.33. The van der Waals surface area contributed by atoms with Crippen LogP contribution in [0.2, 0.25) is 0 Å². The molecule has 0 saturated carbocycles. The van der Waals surface area contributed by atoms with Crippen molar-refractivity contribution in [3.63, 3.8) is 0 Å². The summed E-state index contributed by atoms with van der Waals surface area (Å²) >= 11 is 0. The summed E-state index contributed by atoms with van der Waals surface area (Å²) in [4.78, 5) is 24.9. The van der Waals surface area contributed by atoms with Gasteiger partial charge in [0, 0.05) is 37.9 Å². The van der Waals surface area contributed by atoms with E-state index in [1.807, 2.05) is 13.8 Å². The fraction of sp³-hybridized carbons (Fsp3) is 0.846. The summed E-state index contributed by atoms with van der Waals surface area (Å²) < 4.78 is 0. The molecule has 1 saturated heterocycles. The van der Waals surface area contributed by atoms with Crippen molar-refractivity contribution in [3.05, 3.63) is 0 Å². The number of carbonyl (C=O) groups is 2.